The van der Waals surface area contributed by atoms with E-state index in [9.17, 15) is 9.59 Å². The van der Waals surface area contributed by atoms with Crippen molar-refractivity contribution in [3.05, 3.63) is 0 Å². The zero-order chi connectivity index (χ0) is 14.9. The Hall–Kier alpha value is -1.10. The summed E-state index contributed by atoms with van der Waals surface area (Å²) < 4.78 is 0. The average molecular weight is 282 g/mol. The number of carboxylic acid groups (broad SMARTS) is 1. The number of likely N-dealkylation sites (N-methyl/N-ethyl adjacent to an activating group) is 1. The average Bonchev–Trinajstić information content (AvgIpc) is 3.16. The number of aliphatic carboxylic acids is 1. The van der Waals surface area contributed by atoms with Gasteiger partial charge in [0.2, 0.25) is 5.91 Å². The van der Waals surface area contributed by atoms with Crippen molar-refractivity contribution in [3.8, 4) is 0 Å². The molecule has 2 saturated carbocycles. The van der Waals surface area contributed by atoms with Gasteiger partial charge in [0.25, 0.3) is 0 Å². The van der Waals surface area contributed by atoms with Crippen LogP contribution in [0.2, 0.25) is 0 Å². The van der Waals surface area contributed by atoms with Crippen molar-refractivity contribution < 1.29 is 14.7 Å². The maximum Gasteiger partial charge on any atom is 0.307 e. The van der Waals surface area contributed by atoms with Gasteiger partial charge in [0.15, 0.2) is 0 Å². The number of nitrogens with zero attached hydrogens (tertiary/aromatic N) is 1. The van der Waals surface area contributed by atoms with Crippen LogP contribution in [0.5, 0.6) is 0 Å². The first kappa shape index (κ1) is 15.3. The molecule has 2 aliphatic rings. The van der Waals surface area contributed by atoms with E-state index < -0.39 is 11.9 Å². The molecule has 2 rings (SSSR count). The zero-order valence-electron chi connectivity index (χ0n) is 12.7. The van der Waals surface area contributed by atoms with Crippen LogP contribution in [-0.2, 0) is 9.59 Å². The highest BCUT2D eigenvalue weighted by atomic mass is 16.4. The van der Waals surface area contributed by atoms with Crippen LogP contribution in [0, 0.1) is 17.8 Å². The Morgan fingerprint density at radius 2 is 2.05 bits per heavy atom. The van der Waals surface area contributed by atoms with Gasteiger partial charge in [-0.05, 0) is 39.3 Å². The summed E-state index contributed by atoms with van der Waals surface area (Å²) in [6, 6.07) is 0. The van der Waals surface area contributed by atoms with Gasteiger partial charge in [-0.1, -0.05) is 19.8 Å². The van der Waals surface area contributed by atoms with Gasteiger partial charge in [0.1, 0.15) is 0 Å². The van der Waals surface area contributed by atoms with E-state index >= 15 is 0 Å². The number of carbonyl (C=O) groups is 2. The lowest BCUT2D eigenvalue weighted by molar-refractivity contribution is -0.140. The molecule has 20 heavy (non-hydrogen) atoms. The smallest absolute Gasteiger partial charge is 0.307 e. The van der Waals surface area contributed by atoms with Gasteiger partial charge in [-0.15, -0.1) is 0 Å². The molecule has 0 heterocycles. The van der Waals surface area contributed by atoms with E-state index in [1.165, 1.54) is 12.8 Å². The lowest BCUT2D eigenvalue weighted by atomic mass is 9.75. The molecule has 4 unspecified atom stereocenters. The summed E-state index contributed by atoms with van der Waals surface area (Å²) in [6.07, 6.45) is 5.13. The maximum atomic E-state index is 12.0. The molecule has 0 aromatic heterocycles. The molecule has 0 aromatic rings. The van der Waals surface area contributed by atoms with Gasteiger partial charge in [-0.2, -0.15) is 0 Å². The molecule has 0 saturated heterocycles. The Kier molecular flexibility index (Phi) is 4.37. The minimum absolute atomic E-state index is 0.0287. The summed E-state index contributed by atoms with van der Waals surface area (Å²) in [6.45, 7) is 2.90. The molecular formula is C15H26N2O3. The van der Waals surface area contributed by atoms with Crippen LogP contribution in [0.1, 0.15) is 39.0 Å². The first-order valence-corrected chi connectivity index (χ1v) is 7.54. The molecule has 0 radical (unpaired) electrons. The molecule has 0 bridgehead atoms. The van der Waals surface area contributed by atoms with Gasteiger partial charge in [-0.3, -0.25) is 9.59 Å². The van der Waals surface area contributed by atoms with Gasteiger partial charge in [-0.25, -0.2) is 0 Å². The van der Waals surface area contributed by atoms with E-state index in [1.54, 1.807) is 0 Å². The maximum absolute atomic E-state index is 12.0. The standard InChI is InChI=1S/C15H26N2O3/c1-10-5-4-6-15(8-10,17(2)3)9-16-13(18)11-7-12(11)14(19)20/h10-12H,4-9H2,1-3H3,(H,16,18)(H,19,20). The van der Waals surface area contributed by atoms with Crippen LogP contribution in [0.3, 0.4) is 0 Å². The highest BCUT2D eigenvalue weighted by molar-refractivity contribution is 5.89. The van der Waals surface area contributed by atoms with Crippen molar-refractivity contribution in [3.63, 3.8) is 0 Å². The fraction of sp³-hybridized carbons (Fsp3) is 0.867. The van der Waals surface area contributed by atoms with Crippen molar-refractivity contribution in [2.75, 3.05) is 20.6 Å². The van der Waals surface area contributed by atoms with Gasteiger partial charge in [0, 0.05) is 12.1 Å². The van der Waals surface area contributed by atoms with Crippen LogP contribution in [0.25, 0.3) is 0 Å². The molecule has 2 N–H and O–H groups in total. The lowest BCUT2D eigenvalue weighted by Gasteiger charge is -2.45. The van der Waals surface area contributed by atoms with E-state index in [4.69, 9.17) is 5.11 Å². The first-order chi connectivity index (χ1) is 9.35. The SMILES string of the molecule is CC1CCCC(CNC(=O)C2CC2C(=O)O)(N(C)C)C1. The van der Waals surface area contributed by atoms with Crippen molar-refractivity contribution in [2.24, 2.45) is 17.8 Å². The fourth-order valence-electron chi connectivity index (χ4n) is 3.50. The largest absolute Gasteiger partial charge is 0.481 e. The van der Waals surface area contributed by atoms with Crippen molar-refractivity contribution in [1.29, 1.82) is 0 Å². The van der Waals surface area contributed by atoms with Gasteiger partial charge in [0.05, 0.1) is 11.8 Å². The van der Waals surface area contributed by atoms with Gasteiger partial charge >= 0.3 is 5.97 Å². The van der Waals surface area contributed by atoms with Crippen LogP contribution in [0.4, 0.5) is 0 Å². The Morgan fingerprint density at radius 1 is 1.35 bits per heavy atom. The Balaban J connectivity index is 1.90. The van der Waals surface area contributed by atoms with Gasteiger partial charge < -0.3 is 15.3 Å². The normalized spacial score (nSPS) is 36.7. The van der Waals surface area contributed by atoms with Crippen LogP contribution in [-0.4, -0.2) is 48.1 Å². The summed E-state index contributed by atoms with van der Waals surface area (Å²) in [4.78, 5) is 25.1. The molecule has 0 aliphatic heterocycles. The molecule has 0 spiro atoms. The number of nitrogens with one attached hydrogen (secondary N) is 1. The van der Waals surface area contributed by atoms with Crippen LogP contribution < -0.4 is 5.32 Å². The number of hydrogen-bond acceptors (Lipinski definition) is 3. The molecule has 2 aliphatic carbocycles. The third-order valence-electron chi connectivity index (χ3n) is 5.05. The molecule has 1 amide bonds. The second-order valence-electron chi connectivity index (χ2n) is 6.83. The summed E-state index contributed by atoms with van der Waals surface area (Å²) in [5, 5.41) is 11.9. The minimum atomic E-state index is -0.848. The third-order valence-corrected chi connectivity index (χ3v) is 5.05. The number of hydrogen-bond donors (Lipinski definition) is 2. The molecule has 5 heteroatoms. The fourth-order valence-corrected chi connectivity index (χ4v) is 3.50. The Labute approximate surface area is 120 Å². The topological polar surface area (TPSA) is 69.6 Å². The van der Waals surface area contributed by atoms with E-state index in [-0.39, 0.29) is 17.4 Å². The summed E-state index contributed by atoms with van der Waals surface area (Å²) in [5.41, 5.74) is 0.0287. The van der Waals surface area contributed by atoms with Crippen molar-refractivity contribution in [2.45, 2.75) is 44.6 Å². The van der Waals surface area contributed by atoms with E-state index in [0.717, 1.165) is 12.8 Å². The highest BCUT2D eigenvalue weighted by Crippen LogP contribution is 2.39. The number of carbonyl (C=O) groups excluding carboxylic acids is 1. The molecule has 5 nitrogen and oxygen atoms in total. The monoisotopic (exact) mass is 282 g/mol. The summed E-state index contributed by atoms with van der Waals surface area (Å²) in [5.74, 6) is -1.03. The predicted octanol–water partition coefficient (Wildman–Crippen LogP) is 1.33. The summed E-state index contributed by atoms with van der Waals surface area (Å²) in [7, 11) is 4.14. The second kappa shape index (κ2) is 5.72. The number of rotatable bonds is 5. The Morgan fingerprint density at radius 3 is 2.55 bits per heavy atom. The molecule has 114 valence electrons. The van der Waals surface area contributed by atoms with Crippen LogP contribution in [0.15, 0.2) is 0 Å². The molecule has 2 fully saturated rings. The number of carboxylic acids is 1. The predicted molar refractivity (Wildman–Crippen MR) is 76.3 cm³/mol. The lowest BCUT2D eigenvalue weighted by Crippen LogP contribution is -2.55. The van der Waals surface area contributed by atoms with Crippen molar-refractivity contribution in [1.82, 2.24) is 10.2 Å². The molecular weight excluding hydrogens is 256 g/mol. The minimum Gasteiger partial charge on any atom is -0.481 e. The van der Waals surface area contributed by atoms with Crippen molar-refractivity contribution >= 4 is 11.9 Å². The van der Waals surface area contributed by atoms with Crippen LogP contribution >= 0.6 is 0 Å². The highest BCUT2D eigenvalue weighted by Gasteiger charge is 2.49. The summed E-state index contributed by atoms with van der Waals surface area (Å²) >= 11 is 0. The zero-order valence-corrected chi connectivity index (χ0v) is 12.7. The third kappa shape index (κ3) is 3.14. The second-order valence-corrected chi connectivity index (χ2v) is 6.83. The first-order valence-electron chi connectivity index (χ1n) is 7.54. The van der Waals surface area contributed by atoms with E-state index in [0.29, 0.717) is 18.9 Å². The Bertz CT molecular complexity index is 397. The van der Waals surface area contributed by atoms with E-state index in [2.05, 4.69) is 31.2 Å². The molecule has 0 aromatic carbocycles. The molecule has 4 atom stereocenters. The number of amides is 1. The van der Waals surface area contributed by atoms with E-state index in [1.807, 2.05) is 0 Å². The quantitative estimate of drug-likeness (QED) is 0.798.